The van der Waals surface area contributed by atoms with Gasteiger partial charge >= 0.3 is 0 Å². The molecule has 5 nitrogen and oxygen atoms in total. The summed E-state index contributed by atoms with van der Waals surface area (Å²) in [5, 5.41) is 10.0. The van der Waals surface area contributed by atoms with Crippen LogP contribution in [0.3, 0.4) is 0 Å². The van der Waals surface area contributed by atoms with Gasteiger partial charge in [-0.3, -0.25) is 9.88 Å². The van der Waals surface area contributed by atoms with E-state index in [-0.39, 0.29) is 12.0 Å². The molecule has 0 unspecified atom stereocenters. The fourth-order valence-electron chi connectivity index (χ4n) is 3.55. The number of aromatic nitrogens is 3. The van der Waals surface area contributed by atoms with E-state index in [4.69, 9.17) is 0 Å². The van der Waals surface area contributed by atoms with E-state index < -0.39 is 0 Å². The Morgan fingerprint density at radius 3 is 2.69 bits per heavy atom. The van der Waals surface area contributed by atoms with Crippen LogP contribution in [0.5, 0.6) is 0 Å². The molecular weight excluding hydrogens is 324 g/mol. The SMILES string of the molecule is CC(C)=CC[C@@]1(CO)CCCN(Cc2cnc(-c3ccccn3)nc2)C1. The molecule has 0 saturated carbocycles. The summed E-state index contributed by atoms with van der Waals surface area (Å²) in [4.78, 5) is 15.6. The fourth-order valence-corrected chi connectivity index (χ4v) is 3.55. The van der Waals surface area contributed by atoms with Crippen molar-refractivity contribution in [2.45, 2.75) is 39.7 Å². The van der Waals surface area contributed by atoms with Gasteiger partial charge in [-0.2, -0.15) is 0 Å². The summed E-state index contributed by atoms with van der Waals surface area (Å²) in [6.45, 7) is 7.26. The largest absolute Gasteiger partial charge is 0.396 e. The van der Waals surface area contributed by atoms with Gasteiger partial charge in [0.1, 0.15) is 5.69 Å². The summed E-state index contributed by atoms with van der Waals surface area (Å²) >= 11 is 0. The second kappa shape index (κ2) is 8.52. The van der Waals surface area contributed by atoms with E-state index in [2.05, 4.69) is 39.8 Å². The molecule has 2 aromatic rings. The molecule has 3 rings (SSSR count). The highest BCUT2D eigenvalue weighted by atomic mass is 16.3. The van der Waals surface area contributed by atoms with Crippen LogP contribution in [-0.4, -0.2) is 44.7 Å². The first-order valence-electron chi connectivity index (χ1n) is 9.29. The van der Waals surface area contributed by atoms with Crippen LogP contribution in [0.4, 0.5) is 0 Å². The molecule has 3 heterocycles. The van der Waals surface area contributed by atoms with Crippen LogP contribution < -0.4 is 0 Å². The van der Waals surface area contributed by atoms with Gasteiger partial charge in [0.05, 0.1) is 6.61 Å². The van der Waals surface area contributed by atoms with Crippen LogP contribution in [0.25, 0.3) is 11.5 Å². The molecule has 1 atom stereocenters. The highest BCUT2D eigenvalue weighted by Gasteiger charge is 2.34. The van der Waals surface area contributed by atoms with Crippen LogP contribution >= 0.6 is 0 Å². The molecule has 26 heavy (non-hydrogen) atoms. The van der Waals surface area contributed by atoms with Gasteiger partial charge in [-0.25, -0.2) is 9.97 Å². The number of pyridine rings is 1. The van der Waals surface area contributed by atoms with Crippen molar-refractivity contribution in [2.24, 2.45) is 5.41 Å². The molecule has 138 valence electrons. The number of piperidine rings is 1. The van der Waals surface area contributed by atoms with Crippen LogP contribution in [0.1, 0.15) is 38.7 Å². The summed E-state index contributed by atoms with van der Waals surface area (Å²) in [7, 11) is 0. The minimum Gasteiger partial charge on any atom is -0.396 e. The van der Waals surface area contributed by atoms with Crippen molar-refractivity contribution >= 4 is 0 Å². The Kier molecular flexibility index (Phi) is 6.12. The maximum atomic E-state index is 10.0. The number of rotatable bonds is 6. The molecule has 0 amide bonds. The maximum Gasteiger partial charge on any atom is 0.178 e. The van der Waals surface area contributed by atoms with Gasteiger partial charge in [0, 0.05) is 42.7 Å². The van der Waals surface area contributed by atoms with Gasteiger partial charge in [-0.15, -0.1) is 0 Å². The average Bonchev–Trinajstić information content (AvgIpc) is 2.68. The highest BCUT2D eigenvalue weighted by molar-refractivity contribution is 5.47. The van der Waals surface area contributed by atoms with Gasteiger partial charge in [0.25, 0.3) is 0 Å². The van der Waals surface area contributed by atoms with Crippen LogP contribution in [-0.2, 0) is 6.54 Å². The Bertz CT molecular complexity index is 725. The van der Waals surface area contributed by atoms with E-state index >= 15 is 0 Å². The first-order chi connectivity index (χ1) is 12.6. The van der Waals surface area contributed by atoms with E-state index in [1.165, 1.54) is 5.57 Å². The standard InChI is InChI=1S/C21H28N4O/c1-17(2)7-9-21(16-26)8-5-11-25(15-21)14-18-12-23-20(24-13-18)19-6-3-4-10-22-19/h3-4,6-7,10,12-13,26H,5,8-9,11,14-16H2,1-2H3/t21-/m0/s1. The summed E-state index contributed by atoms with van der Waals surface area (Å²) in [6, 6.07) is 5.74. The third kappa shape index (κ3) is 4.74. The van der Waals surface area contributed by atoms with Gasteiger partial charge in [-0.05, 0) is 51.8 Å². The molecule has 0 aromatic carbocycles. The first kappa shape index (κ1) is 18.7. The summed E-state index contributed by atoms with van der Waals surface area (Å²) in [5.41, 5.74) is 3.18. The molecule has 0 bridgehead atoms. The Labute approximate surface area is 155 Å². The summed E-state index contributed by atoms with van der Waals surface area (Å²) in [5.74, 6) is 0.654. The van der Waals surface area contributed by atoms with Gasteiger partial charge < -0.3 is 5.11 Å². The Morgan fingerprint density at radius 1 is 1.23 bits per heavy atom. The molecule has 0 radical (unpaired) electrons. The second-order valence-corrected chi connectivity index (χ2v) is 7.59. The van der Waals surface area contributed by atoms with Crippen molar-refractivity contribution in [1.82, 2.24) is 19.9 Å². The number of likely N-dealkylation sites (tertiary alicyclic amines) is 1. The first-order valence-corrected chi connectivity index (χ1v) is 9.29. The lowest BCUT2D eigenvalue weighted by molar-refractivity contribution is 0.0306. The molecule has 5 heteroatoms. The lowest BCUT2D eigenvalue weighted by atomic mass is 9.77. The van der Waals surface area contributed by atoms with E-state index in [9.17, 15) is 5.11 Å². The normalized spacial score (nSPS) is 20.7. The third-order valence-electron chi connectivity index (χ3n) is 5.02. The molecule has 2 aromatic heterocycles. The van der Waals surface area contributed by atoms with Crippen molar-refractivity contribution in [1.29, 1.82) is 0 Å². The smallest absolute Gasteiger partial charge is 0.178 e. The van der Waals surface area contributed by atoms with Crippen molar-refractivity contribution in [3.8, 4) is 11.5 Å². The van der Waals surface area contributed by atoms with Crippen LogP contribution in [0, 0.1) is 5.41 Å². The number of hydrogen-bond donors (Lipinski definition) is 1. The third-order valence-corrected chi connectivity index (χ3v) is 5.02. The van der Waals surface area contributed by atoms with Gasteiger partial charge in [-0.1, -0.05) is 17.7 Å². The van der Waals surface area contributed by atoms with Crippen LogP contribution in [0.15, 0.2) is 48.4 Å². The lowest BCUT2D eigenvalue weighted by Gasteiger charge is -2.41. The van der Waals surface area contributed by atoms with Crippen LogP contribution in [0.2, 0.25) is 0 Å². The van der Waals surface area contributed by atoms with Gasteiger partial charge in [0.15, 0.2) is 5.82 Å². The Hall–Kier alpha value is -2.11. The number of aliphatic hydroxyl groups is 1. The number of aliphatic hydroxyl groups excluding tert-OH is 1. The number of allylic oxidation sites excluding steroid dienone is 2. The van der Waals surface area contributed by atoms with Gasteiger partial charge in [0.2, 0.25) is 0 Å². The molecule has 1 aliphatic rings. The zero-order valence-electron chi connectivity index (χ0n) is 15.7. The van der Waals surface area contributed by atoms with Crippen molar-refractivity contribution < 1.29 is 5.11 Å². The molecule has 0 spiro atoms. The Balaban J connectivity index is 1.65. The van der Waals surface area contributed by atoms with Crippen molar-refractivity contribution in [2.75, 3.05) is 19.7 Å². The minimum absolute atomic E-state index is 0.0235. The summed E-state index contributed by atoms with van der Waals surface area (Å²) < 4.78 is 0. The molecule has 1 fully saturated rings. The van der Waals surface area contributed by atoms with E-state index in [0.29, 0.717) is 5.82 Å². The molecule has 1 N–H and O–H groups in total. The molecule has 1 saturated heterocycles. The predicted molar refractivity (Wildman–Crippen MR) is 103 cm³/mol. The zero-order valence-corrected chi connectivity index (χ0v) is 15.7. The molecule has 0 aliphatic carbocycles. The fraction of sp³-hybridized carbons (Fsp3) is 0.476. The molecular formula is C21H28N4O. The summed E-state index contributed by atoms with van der Waals surface area (Å²) in [6.07, 6.45) is 10.9. The minimum atomic E-state index is -0.0235. The number of hydrogen-bond acceptors (Lipinski definition) is 5. The highest BCUT2D eigenvalue weighted by Crippen LogP contribution is 2.34. The number of nitrogens with zero attached hydrogens (tertiary/aromatic N) is 4. The average molecular weight is 352 g/mol. The van der Waals surface area contributed by atoms with Crippen molar-refractivity contribution in [3.63, 3.8) is 0 Å². The Morgan fingerprint density at radius 2 is 2.04 bits per heavy atom. The second-order valence-electron chi connectivity index (χ2n) is 7.59. The van der Waals surface area contributed by atoms with Crippen molar-refractivity contribution in [3.05, 3.63) is 54.0 Å². The predicted octanol–water partition coefficient (Wildman–Crippen LogP) is 3.47. The zero-order chi connectivity index (χ0) is 18.4. The van der Waals surface area contributed by atoms with E-state index in [0.717, 1.165) is 50.2 Å². The maximum absolute atomic E-state index is 10.0. The van der Waals surface area contributed by atoms with E-state index in [1.807, 2.05) is 30.6 Å². The lowest BCUT2D eigenvalue weighted by Crippen LogP contribution is -2.44. The molecule has 1 aliphatic heterocycles. The van der Waals surface area contributed by atoms with E-state index in [1.54, 1.807) is 6.20 Å². The topological polar surface area (TPSA) is 62.1 Å². The monoisotopic (exact) mass is 352 g/mol. The quantitative estimate of drug-likeness (QED) is 0.807.